The molecule has 14 heteroatoms. The third kappa shape index (κ3) is 8.32. The van der Waals surface area contributed by atoms with Crippen LogP contribution in [0.5, 0.6) is 5.75 Å². The number of hydrogen-bond acceptors (Lipinski definition) is 9. The van der Waals surface area contributed by atoms with Crippen molar-refractivity contribution in [3.63, 3.8) is 0 Å². The number of primary sulfonamides is 1. The highest BCUT2D eigenvalue weighted by Crippen LogP contribution is 2.28. The van der Waals surface area contributed by atoms with Crippen molar-refractivity contribution in [1.29, 1.82) is 0 Å². The van der Waals surface area contributed by atoms with Crippen LogP contribution in [0.15, 0.2) is 47.4 Å². The Labute approximate surface area is 207 Å². The van der Waals surface area contributed by atoms with Crippen molar-refractivity contribution in [3.8, 4) is 5.75 Å². The lowest BCUT2D eigenvalue weighted by molar-refractivity contribution is -0.385. The number of sulfonamides is 1. The standard InChI is InChI=1S/C22H26N4O9S/c1-3-35-22(29)17(12-14-4-9-19(34-2)18(13-14)26(30)31)25-21(28)11-10-20(27)24-15-5-7-16(8-6-15)36(23,32)33/h4-9,13,17H,3,10-12H2,1-2H3,(H,24,27)(H,25,28)(H2,23,32,33)/t17-/m0/s1. The molecule has 0 aromatic heterocycles. The number of ether oxygens (including phenoxy) is 2. The second kappa shape index (κ2) is 12.6. The van der Waals surface area contributed by atoms with Gasteiger partial charge in [0.15, 0.2) is 5.75 Å². The highest BCUT2D eigenvalue weighted by Gasteiger charge is 2.25. The van der Waals surface area contributed by atoms with E-state index in [1.807, 2.05) is 0 Å². The molecule has 194 valence electrons. The van der Waals surface area contributed by atoms with E-state index in [1.54, 1.807) is 6.92 Å². The smallest absolute Gasteiger partial charge is 0.328 e. The number of carbonyl (C=O) groups is 3. The number of nitro groups is 1. The molecule has 0 bridgehead atoms. The fourth-order valence-corrected chi connectivity index (χ4v) is 3.64. The Morgan fingerprint density at radius 2 is 1.72 bits per heavy atom. The van der Waals surface area contributed by atoms with Gasteiger partial charge < -0.3 is 20.1 Å². The van der Waals surface area contributed by atoms with E-state index < -0.39 is 38.8 Å². The molecule has 2 rings (SSSR count). The monoisotopic (exact) mass is 522 g/mol. The van der Waals surface area contributed by atoms with Gasteiger partial charge in [-0.25, -0.2) is 18.4 Å². The molecule has 2 aromatic carbocycles. The number of nitro benzene ring substituents is 1. The van der Waals surface area contributed by atoms with Crippen molar-refractivity contribution in [2.24, 2.45) is 5.14 Å². The Morgan fingerprint density at radius 3 is 2.28 bits per heavy atom. The van der Waals surface area contributed by atoms with Gasteiger partial charge in [0, 0.05) is 31.0 Å². The highest BCUT2D eigenvalue weighted by molar-refractivity contribution is 7.89. The summed E-state index contributed by atoms with van der Waals surface area (Å²) in [6, 6.07) is 8.17. The molecule has 2 aromatic rings. The van der Waals surface area contributed by atoms with Gasteiger partial charge in [-0.1, -0.05) is 6.07 Å². The quantitative estimate of drug-likeness (QED) is 0.209. The molecule has 0 unspecified atom stereocenters. The van der Waals surface area contributed by atoms with Gasteiger partial charge in [0.05, 0.1) is 23.5 Å². The van der Waals surface area contributed by atoms with E-state index >= 15 is 0 Å². The summed E-state index contributed by atoms with van der Waals surface area (Å²) in [7, 11) is -2.58. The van der Waals surface area contributed by atoms with Crippen molar-refractivity contribution >= 4 is 39.2 Å². The largest absolute Gasteiger partial charge is 0.490 e. The minimum atomic E-state index is -3.87. The van der Waals surface area contributed by atoms with Crippen LogP contribution < -0.4 is 20.5 Å². The van der Waals surface area contributed by atoms with Crippen LogP contribution in [0.3, 0.4) is 0 Å². The van der Waals surface area contributed by atoms with Gasteiger partial charge in [0.1, 0.15) is 6.04 Å². The Hall–Kier alpha value is -4.04. The number of benzene rings is 2. The molecule has 0 radical (unpaired) electrons. The van der Waals surface area contributed by atoms with Crippen molar-refractivity contribution < 1.29 is 37.2 Å². The first-order valence-corrected chi connectivity index (χ1v) is 12.2. The molecule has 0 aliphatic carbocycles. The van der Waals surface area contributed by atoms with E-state index in [1.165, 1.54) is 49.6 Å². The first kappa shape index (κ1) is 28.2. The number of anilines is 1. The molecule has 0 saturated carbocycles. The van der Waals surface area contributed by atoms with E-state index in [2.05, 4.69) is 10.6 Å². The van der Waals surface area contributed by atoms with Crippen molar-refractivity contribution in [1.82, 2.24) is 5.32 Å². The van der Waals surface area contributed by atoms with Crippen molar-refractivity contribution in [3.05, 3.63) is 58.1 Å². The minimum absolute atomic E-state index is 0.0470. The van der Waals surface area contributed by atoms with Crippen LogP contribution in [0.1, 0.15) is 25.3 Å². The summed E-state index contributed by atoms with van der Waals surface area (Å²) in [4.78, 5) is 47.5. The van der Waals surface area contributed by atoms with E-state index in [4.69, 9.17) is 14.6 Å². The van der Waals surface area contributed by atoms with Crippen molar-refractivity contribution in [2.45, 2.75) is 37.1 Å². The third-order valence-corrected chi connectivity index (χ3v) is 5.76. The zero-order chi connectivity index (χ0) is 26.9. The first-order valence-electron chi connectivity index (χ1n) is 10.6. The molecule has 4 N–H and O–H groups in total. The normalized spacial score (nSPS) is 11.8. The summed E-state index contributed by atoms with van der Waals surface area (Å²) in [5, 5.41) is 21.3. The maximum Gasteiger partial charge on any atom is 0.328 e. The summed E-state index contributed by atoms with van der Waals surface area (Å²) in [6.45, 7) is 1.65. The number of hydrogen-bond donors (Lipinski definition) is 3. The molecular formula is C22H26N4O9S. The van der Waals surface area contributed by atoms with Gasteiger partial charge in [0.25, 0.3) is 0 Å². The van der Waals surface area contributed by atoms with E-state index in [0.29, 0.717) is 11.3 Å². The van der Waals surface area contributed by atoms with E-state index in [-0.39, 0.29) is 42.2 Å². The maximum atomic E-state index is 12.4. The van der Waals surface area contributed by atoms with Gasteiger partial charge in [-0.05, 0) is 42.8 Å². The lowest BCUT2D eigenvalue weighted by Crippen LogP contribution is -2.43. The predicted molar refractivity (Wildman–Crippen MR) is 128 cm³/mol. The Balaban J connectivity index is 2.00. The molecule has 0 spiro atoms. The number of amides is 2. The van der Waals surface area contributed by atoms with E-state index in [9.17, 15) is 32.9 Å². The average Bonchev–Trinajstić information content (AvgIpc) is 2.82. The topological polar surface area (TPSA) is 197 Å². The Morgan fingerprint density at radius 1 is 1.08 bits per heavy atom. The summed E-state index contributed by atoms with van der Waals surface area (Å²) in [5.74, 6) is -1.82. The van der Waals surface area contributed by atoms with Crippen LogP contribution in [-0.4, -0.2) is 50.9 Å². The fourth-order valence-electron chi connectivity index (χ4n) is 3.12. The molecule has 1 atom stereocenters. The second-order valence-corrected chi connectivity index (χ2v) is 9.02. The molecule has 0 aliphatic rings. The lowest BCUT2D eigenvalue weighted by atomic mass is 10.0. The Kier molecular flexibility index (Phi) is 9.87. The van der Waals surface area contributed by atoms with Gasteiger partial charge in [0.2, 0.25) is 21.8 Å². The first-order chi connectivity index (χ1) is 16.9. The molecule has 2 amide bonds. The molecule has 36 heavy (non-hydrogen) atoms. The van der Waals surface area contributed by atoms with Crippen molar-refractivity contribution in [2.75, 3.05) is 19.0 Å². The molecular weight excluding hydrogens is 496 g/mol. The lowest BCUT2D eigenvalue weighted by Gasteiger charge is -2.17. The van der Waals surface area contributed by atoms with Gasteiger partial charge in [-0.3, -0.25) is 19.7 Å². The van der Waals surface area contributed by atoms with Crippen LogP contribution in [0, 0.1) is 10.1 Å². The van der Waals surface area contributed by atoms with Gasteiger partial charge >= 0.3 is 11.7 Å². The number of nitrogens with one attached hydrogen (secondary N) is 2. The zero-order valence-electron chi connectivity index (χ0n) is 19.6. The van der Waals surface area contributed by atoms with Gasteiger partial charge in [-0.15, -0.1) is 0 Å². The number of nitrogens with zero attached hydrogens (tertiary/aromatic N) is 1. The predicted octanol–water partition coefficient (Wildman–Crippen LogP) is 1.26. The fraction of sp³-hybridized carbons (Fsp3) is 0.318. The van der Waals surface area contributed by atoms with Crippen LogP contribution in [0.2, 0.25) is 0 Å². The van der Waals surface area contributed by atoms with Crippen LogP contribution in [0.4, 0.5) is 11.4 Å². The number of nitrogens with two attached hydrogens (primary N) is 1. The van der Waals surface area contributed by atoms with Crippen LogP contribution in [0.25, 0.3) is 0 Å². The summed E-state index contributed by atoms with van der Waals surface area (Å²) >= 11 is 0. The number of methoxy groups -OCH3 is 1. The van der Waals surface area contributed by atoms with Crippen LogP contribution in [-0.2, 0) is 35.6 Å². The number of rotatable bonds is 12. The number of esters is 1. The van der Waals surface area contributed by atoms with Crippen LogP contribution >= 0.6 is 0 Å². The highest BCUT2D eigenvalue weighted by atomic mass is 32.2. The summed E-state index contributed by atoms with van der Waals surface area (Å²) in [6.07, 6.45) is -0.579. The SMILES string of the molecule is CCOC(=O)[C@H](Cc1ccc(OC)c([N+](=O)[O-])c1)NC(=O)CCC(=O)Nc1ccc(S(N)(=O)=O)cc1. The second-order valence-electron chi connectivity index (χ2n) is 7.46. The van der Waals surface area contributed by atoms with E-state index in [0.717, 1.165) is 0 Å². The average molecular weight is 523 g/mol. The van der Waals surface area contributed by atoms with Gasteiger partial charge in [-0.2, -0.15) is 0 Å². The Bertz CT molecular complexity index is 1230. The molecule has 0 heterocycles. The molecule has 0 fully saturated rings. The molecule has 0 saturated heterocycles. The summed E-state index contributed by atoms with van der Waals surface area (Å²) in [5.41, 5.74) is 0.401. The zero-order valence-corrected chi connectivity index (χ0v) is 20.4. The third-order valence-electron chi connectivity index (χ3n) is 4.83. The molecule has 13 nitrogen and oxygen atoms in total. The molecule has 0 aliphatic heterocycles. The number of carbonyl (C=O) groups excluding carboxylic acids is 3. The maximum absolute atomic E-state index is 12.4. The summed E-state index contributed by atoms with van der Waals surface area (Å²) < 4.78 is 32.5. The minimum Gasteiger partial charge on any atom is -0.490 e.